The molecule has 8 heteroatoms. The van der Waals surface area contributed by atoms with Crippen molar-refractivity contribution in [1.29, 1.82) is 0 Å². The number of nitrogens with one attached hydrogen (secondary N) is 1. The maximum absolute atomic E-state index is 12.5. The van der Waals surface area contributed by atoms with Crippen molar-refractivity contribution in [3.8, 4) is 0 Å². The first kappa shape index (κ1) is 15.7. The van der Waals surface area contributed by atoms with E-state index in [9.17, 15) is 13.2 Å². The van der Waals surface area contributed by atoms with Crippen molar-refractivity contribution in [2.24, 2.45) is 0 Å². The van der Waals surface area contributed by atoms with Crippen LogP contribution in [0.15, 0.2) is 0 Å². The number of sulfone groups is 1. The molecular formula is C12H22N2O5S. The van der Waals surface area contributed by atoms with Gasteiger partial charge in [0.05, 0.1) is 24.7 Å². The van der Waals surface area contributed by atoms with E-state index in [-0.39, 0.29) is 23.5 Å². The van der Waals surface area contributed by atoms with Crippen LogP contribution in [0.1, 0.15) is 6.42 Å². The zero-order valence-electron chi connectivity index (χ0n) is 11.7. The smallest absolute Gasteiger partial charge is 0.253 e. The van der Waals surface area contributed by atoms with Crippen molar-refractivity contribution in [2.75, 3.05) is 51.5 Å². The van der Waals surface area contributed by atoms with Gasteiger partial charge in [0, 0.05) is 32.8 Å². The van der Waals surface area contributed by atoms with Gasteiger partial charge in [0.2, 0.25) is 0 Å². The third kappa shape index (κ3) is 3.91. The normalized spacial score (nSPS) is 29.2. The summed E-state index contributed by atoms with van der Waals surface area (Å²) in [4.78, 5) is 14.1. The number of ether oxygens (including phenoxy) is 2. The number of carbonyl (C=O) groups excluding carboxylic acids is 1. The van der Waals surface area contributed by atoms with Crippen LogP contribution < -0.4 is 5.32 Å². The topological polar surface area (TPSA) is 84.9 Å². The Hall–Kier alpha value is -0.700. The molecule has 2 aliphatic rings. The molecule has 1 N–H and O–H groups in total. The van der Waals surface area contributed by atoms with Gasteiger partial charge in [-0.1, -0.05) is 0 Å². The average molecular weight is 306 g/mol. The highest BCUT2D eigenvalue weighted by atomic mass is 32.2. The van der Waals surface area contributed by atoms with Crippen LogP contribution in [0.3, 0.4) is 0 Å². The SMILES string of the molecule is COCCN(C(=O)C1CNCCO1)C1CCS(=O)(=O)C1. The molecule has 0 radical (unpaired) electrons. The third-order valence-corrected chi connectivity index (χ3v) is 5.42. The molecule has 0 aliphatic carbocycles. The Kier molecular flexibility index (Phi) is 5.36. The number of methoxy groups -OCH3 is 1. The average Bonchev–Trinajstić information content (AvgIpc) is 2.80. The Morgan fingerprint density at radius 2 is 2.30 bits per heavy atom. The highest BCUT2D eigenvalue weighted by molar-refractivity contribution is 7.91. The van der Waals surface area contributed by atoms with Crippen molar-refractivity contribution in [1.82, 2.24) is 10.2 Å². The minimum absolute atomic E-state index is 0.0442. The molecule has 2 atom stereocenters. The summed E-state index contributed by atoms with van der Waals surface area (Å²) in [5.41, 5.74) is 0. The van der Waals surface area contributed by atoms with Crippen LogP contribution in [0.25, 0.3) is 0 Å². The quantitative estimate of drug-likeness (QED) is 0.675. The first-order valence-electron chi connectivity index (χ1n) is 6.85. The molecule has 0 aromatic carbocycles. The largest absolute Gasteiger partial charge is 0.383 e. The third-order valence-electron chi connectivity index (χ3n) is 3.67. The summed E-state index contributed by atoms with van der Waals surface area (Å²) in [6, 6.07) is -0.256. The second-order valence-electron chi connectivity index (χ2n) is 5.14. The minimum Gasteiger partial charge on any atom is -0.383 e. The molecule has 7 nitrogen and oxygen atoms in total. The van der Waals surface area contributed by atoms with Crippen LogP contribution in [0, 0.1) is 0 Å². The van der Waals surface area contributed by atoms with Gasteiger partial charge in [0.15, 0.2) is 9.84 Å². The van der Waals surface area contributed by atoms with Crippen LogP contribution in [-0.4, -0.2) is 82.8 Å². The first-order valence-corrected chi connectivity index (χ1v) is 8.68. The minimum atomic E-state index is -3.02. The van der Waals surface area contributed by atoms with Gasteiger partial charge in [-0.2, -0.15) is 0 Å². The highest BCUT2D eigenvalue weighted by Crippen LogP contribution is 2.19. The zero-order chi connectivity index (χ0) is 14.6. The number of morpholine rings is 1. The van der Waals surface area contributed by atoms with E-state index in [1.807, 2.05) is 0 Å². The summed E-state index contributed by atoms with van der Waals surface area (Å²) < 4.78 is 33.7. The molecular weight excluding hydrogens is 284 g/mol. The molecule has 2 fully saturated rings. The summed E-state index contributed by atoms with van der Waals surface area (Å²) in [6.07, 6.45) is -0.0262. The molecule has 0 saturated carbocycles. The predicted molar refractivity (Wildman–Crippen MR) is 73.3 cm³/mol. The summed E-state index contributed by atoms with van der Waals surface area (Å²) in [5, 5.41) is 3.11. The summed E-state index contributed by atoms with van der Waals surface area (Å²) in [7, 11) is -1.46. The van der Waals surface area contributed by atoms with Crippen LogP contribution in [-0.2, 0) is 24.1 Å². The molecule has 2 rings (SSSR count). The van der Waals surface area contributed by atoms with Gasteiger partial charge in [-0.3, -0.25) is 4.79 Å². The second kappa shape index (κ2) is 6.84. The number of amides is 1. The molecule has 0 aromatic rings. The van der Waals surface area contributed by atoms with E-state index in [0.717, 1.165) is 6.54 Å². The van der Waals surface area contributed by atoms with Crippen molar-refractivity contribution >= 4 is 15.7 Å². The molecule has 2 heterocycles. The molecule has 0 aromatic heterocycles. The molecule has 116 valence electrons. The van der Waals surface area contributed by atoms with E-state index in [4.69, 9.17) is 9.47 Å². The van der Waals surface area contributed by atoms with Gasteiger partial charge in [0.1, 0.15) is 6.10 Å². The van der Waals surface area contributed by atoms with Gasteiger partial charge in [-0.15, -0.1) is 0 Å². The lowest BCUT2D eigenvalue weighted by Gasteiger charge is -2.33. The lowest BCUT2D eigenvalue weighted by molar-refractivity contribution is -0.147. The maximum Gasteiger partial charge on any atom is 0.253 e. The Balaban J connectivity index is 2.04. The van der Waals surface area contributed by atoms with Crippen molar-refractivity contribution in [3.63, 3.8) is 0 Å². The number of rotatable bonds is 5. The van der Waals surface area contributed by atoms with Crippen molar-refractivity contribution in [2.45, 2.75) is 18.6 Å². The zero-order valence-corrected chi connectivity index (χ0v) is 12.5. The van der Waals surface area contributed by atoms with Crippen LogP contribution in [0.4, 0.5) is 0 Å². The molecule has 0 bridgehead atoms. The molecule has 1 amide bonds. The van der Waals surface area contributed by atoms with E-state index in [0.29, 0.717) is 32.7 Å². The van der Waals surface area contributed by atoms with Crippen LogP contribution >= 0.6 is 0 Å². The van der Waals surface area contributed by atoms with Crippen molar-refractivity contribution in [3.05, 3.63) is 0 Å². The fourth-order valence-corrected chi connectivity index (χ4v) is 4.32. The molecule has 2 unspecified atom stereocenters. The van der Waals surface area contributed by atoms with Crippen LogP contribution in [0.2, 0.25) is 0 Å². The van der Waals surface area contributed by atoms with Gasteiger partial charge >= 0.3 is 0 Å². The number of nitrogens with zero attached hydrogens (tertiary/aromatic N) is 1. The van der Waals surface area contributed by atoms with Crippen LogP contribution in [0.5, 0.6) is 0 Å². The Bertz CT molecular complexity index is 433. The van der Waals surface area contributed by atoms with Gasteiger partial charge < -0.3 is 19.7 Å². The molecule has 2 aliphatic heterocycles. The second-order valence-corrected chi connectivity index (χ2v) is 7.37. The summed E-state index contributed by atoms with van der Waals surface area (Å²) >= 11 is 0. The fraction of sp³-hybridized carbons (Fsp3) is 0.917. The lowest BCUT2D eigenvalue weighted by Crippen LogP contribution is -2.53. The fourth-order valence-electron chi connectivity index (χ4n) is 2.59. The Labute approximate surface area is 119 Å². The monoisotopic (exact) mass is 306 g/mol. The van der Waals surface area contributed by atoms with E-state index in [1.165, 1.54) is 0 Å². The van der Waals surface area contributed by atoms with E-state index in [1.54, 1.807) is 12.0 Å². The lowest BCUT2D eigenvalue weighted by atomic mass is 10.1. The summed E-state index contributed by atoms with van der Waals surface area (Å²) in [6.45, 7) is 2.50. The Morgan fingerprint density at radius 1 is 1.50 bits per heavy atom. The number of carbonyl (C=O) groups is 1. The number of hydrogen-bond donors (Lipinski definition) is 1. The number of hydrogen-bond acceptors (Lipinski definition) is 6. The Morgan fingerprint density at radius 3 is 2.85 bits per heavy atom. The highest BCUT2D eigenvalue weighted by Gasteiger charge is 2.37. The summed E-state index contributed by atoms with van der Waals surface area (Å²) in [5.74, 6) is 0.0530. The predicted octanol–water partition coefficient (Wildman–Crippen LogP) is -1.36. The standard InChI is InChI=1S/C12H22N2O5S/c1-18-6-4-14(10-2-7-20(16,17)9-10)12(15)11-8-13-3-5-19-11/h10-11,13H,2-9H2,1H3. The molecule has 2 saturated heterocycles. The maximum atomic E-state index is 12.5. The van der Waals surface area contributed by atoms with E-state index >= 15 is 0 Å². The van der Waals surface area contributed by atoms with Crippen molar-refractivity contribution < 1.29 is 22.7 Å². The first-order chi connectivity index (χ1) is 9.53. The van der Waals surface area contributed by atoms with Gasteiger partial charge in [-0.25, -0.2) is 8.42 Å². The van der Waals surface area contributed by atoms with E-state index < -0.39 is 15.9 Å². The molecule has 0 spiro atoms. The van der Waals surface area contributed by atoms with Gasteiger partial charge in [-0.05, 0) is 6.42 Å². The molecule has 20 heavy (non-hydrogen) atoms. The van der Waals surface area contributed by atoms with Gasteiger partial charge in [0.25, 0.3) is 5.91 Å². The van der Waals surface area contributed by atoms with E-state index in [2.05, 4.69) is 5.32 Å².